The fourth-order valence-corrected chi connectivity index (χ4v) is 9.89. The Morgan fingerprint density at radius 3 is 1.94 bits per heavy atom. The highest BCUT2D eigenvalue weighted by atomic mass is 16.6. The van der Waals surface area contributed by atoms with E-state index in [9.17, 15) is 44.4 Å². The number of hydrogen-bond acceptors (Lipinski definition) is 14. The Hall–Kier alpha value is -5.74. The van der Waals surface area contributed by atoms with Gasteiger partial charge >= 0.3 is 23.9 Å². The van der Waals surface area contributed by atoms with Gasteiger partial charge in [-0.05, 0) is 67.7 Å². The van der Waals surface area contributed by atoms with E-state index in [1.54, 1.807) is 78.9 Å². The van der Waals surface area contributed by atoms with E-state index < -0.39 is 113 Å². The molecule has 3 aromatic rings. The number of nitrogens with one attached hydrogen (secondary N) is 1. The smallest absolute Gasteiger partial charge is 0.338 e. The molecule has 2 saturated carbocycles. The van der Waals surface area contributed by atoms with E-state index in [0.717, 1.165) is 13.8 Å². The van der Waals surface area contributed by atoms with Gasteiger partial charge < -0.3 is 44.7 Å². The molecule has 15 heteroatoms. The number of ketones is 1. The Balaban J connectivity index is 1.54. The van der Waals surface area contributed by atoms with Crippen molar-refractivity contribution in [2.24, 2.45) is 16.7 Å². The van der Waals surface area contributed by atoms with Gasteiger partial charge in [-0.25, -0.2) is 9.59 Å². The maximum Gasteiger partial charge on any atom is 0.338 e. The fraction of sp³-hybridized carbons (Fsp3) is 0.447. The largest absolute Gasteiger partial charge is 0.456 e. The number of aliphatic hydroxyl groups excluding tert-OH is 3. The third kappa shape index (κ3) is 8.05. The van der Waals surface area contributed by atoms with Crippen LogP contribution in [-0.2, 0) is 38.1 Å². The van der Waals surface area contributed by atoms with Crippen LogP contribution in [0, 0.1) is 16.7 Å². The monoisotopic (exact) mass is 855 g/mol. The third-order valence-corrected chi connectivity index (χ3v) is 13.1. The summed E-state index contributed by atoms with van der Waals surface area (Å²) >= 11 is 0. The minimum absolute atomic E-state index is 0.0265. The molecule has 0 unspecified atom stereocenters. The van der Waals surface area contributed by atoms with Gasteiger partial charge in [-0.3, -0.25) is 19.2 Å². The second-order valence-corrected chi connectivity index (χ2v) is 17.1. The van der Waals surface area contributed by atoms with Gasteiger partial charge in [-0.1, -0.05) is 80.6 Å². The molecule has 2 fully saturated rings. The van der Waals surface area contributed by atoms with Crippen LogP contribution in [0.25, 0.3) is 0 Å². The molecule has 0 spiro atoms. The van der Waals surface area contributed by atoms with Gasteiger partial charge in [0, 0.05) is 31.2 Å². The fourth-order valence-electron chi connectivity index (χ4n) is 9.89. The van der Waals surface area contributed by atoms with Crippen molar-refractivity contribution in [3.8, 4) is 0 Å². The van der Waals surface area contributed by atoms with Gasteiger partial charge in [-0.2, -0.15) is 0 Å². The Morgan fingerprint density at radius 1 is 0.823 bits per heavy atom. The van der Waals surface area contributed by atoms with Crippen LogP contribution >= 0.6 is 0 Å². The molecular weight excluding hydrogens is 803 g/mol. The zero-order valence-corrected chi connectivity index (χ0v) is 35.4. The van der Waals surface area contributed by atoms with Gasteiger partial charge in [-0.15, -0.1) is 0 Å². The first-order chi connectivity index (χ1) is 29.2. The number of esters is 4. The molecule has 10 atom stereocenters. The first kappa shape index (κ1) is 45.8. The summed E-state index contributed by atoms with van der Waals surface area (Å²) < 4.78 is 24.1. The normalized spacial score (nSPS) is 30.0. The first-order valence-corrected chi connectivity index (χ1v) is 20.4. The molecule has 15 nitrogen and oxygen atoms in total. The van der Waals surface area contributed by atoms with E-state index in [1.165, 1.54) is 39.8 Å². The van der Waals surface area contributed by atoms with E-state index in [-0.39, 0.29) is 35.1 Å². The molecule has 5 N–H and O–H groups in total. The van der Waals surface area contributed by atoms with Crippen LogP contribution < -0.4 is 5.32 Å². The molecule has 3 aliphatic carbocycles. The van der Waals surface area contributed by atoms with Crippen LogP contribution in [0.3, 0.4) is 0 Å². The minimum Gasteiger partial charge on any atom is -0.456 e. The zero-order chi connectivity index (χ0) is 45.4. The van der Waals surface area contributed by atoms with E-state index in [4.69, 9.17) is 18.9 Å². The molecule has 0 heterocycles. The van der Waals surface area contributed by atoms with Crippen LogP contribution in [0.2, 0.25) is 0 Å². The summed E-state index contributed by atoms with van der Waals surface area (Å²) in [4.78, 5) is 83.2. The molecule has 0 saturated heterocycles. The van der Waals surface area contributed by atoms with E-state index >= 15 is 4.79 Å². The summed E-state index contributed by atoms with van der Waals surface area (Å²) in [5, 5.41) is 51.3. The average Bonchev–Trinajstić information content (AvgIpc) is 3.24. The van der Waals surface area contributed by atoms with Crippen LogP contribution in [0.1, 0.15) is 93.1 Å². The summed E-state index contributed by atoms with van der Waals surface area (Å²) in [5.41, 5.74) is -7.73. The first-order valence-electron chi connectivity index (χ1n) is 20.4. The third-order valence-electron chi connectivity index (χ3n) is 13.1. The maximum absolute atomic E-state index is 15.4. The summed E-state index contributed by atoms with van der Waals surface area (Å²) in [7, 11) is 0. The number of Topliss-reactive ketones (excluding diaryl/α,β-unsaturated/α-hetero) is 1. The second kappa shape index (κ2) is 17.6. The number of carbonyl (C=O) groups is 6. The summed E-state index contributed by atoms with van der Waals surface area (Å²) in [5.74, 6) is -7.33. The van der Waals surface area contributed by atoms with Gasteiger partial charge in [0.1, 0.15) is 23.4 Å². The van der Waals surface area contributed by atoms with Crippen molar-refractivity contribution >= 4 is 35.6 Å². The maximum atomic E-state index is 15.4. The number of carbonyl (C=O) groups excluding carboxylic acids is 6. The summed E-state index contributed by atoms with van der Waals surface area (Å²) in [6, 6.07) is 22.7. The lowest BCUT2D eigenvalue weighted by Gasteiger charge is -2.63. The topological polar surface area (TPSA) is 232 Å². The van der Waals surface area contributed by atoms with Gasteiger partial charge in [0.25, 0.3) is 5.91 Å². The van der Waals surface area contributed by atoms with Crippen molar-refractivity contribution < 1.29 is 68.1 Å². The lowest BCUT2D eigenvalue weighted by atomic mass is 9.45. The Labute approximate surface area is 359 Å². The number of aliphatic hydroxyl groups is 4. The molecule has 6 rings (SSSR count). The summed E-state index contributed by atoms with van der Waals surface area (Å²) in [6.07, 6.45) is -10.0. The number of fused-ring (bicyclic) bond motifs is 3. The molecule has 1 amide bonds. The van der Waals surface area contributed by atoms with Crippen LogP contribution in [0.15, 0.2) is 102 Å². The van der Waals surface area contributed by atoms with Crippen LogP contribution in [0.5, 0.6) is 0 Å². The lowest BCUT2D eigenvalue weighted by molar-refractivity contribution is -0.268. The standard InChI is InChI=1S/C47H53NO14/c1-26-32(60-43(57)36(53)35(29-16-10-7-11-17-29)48-41(55)30-18-12-8-13-19-30)24-47(58)40(61-42(56)31-20-14-9-15-21-31)38-45(6,33(52)22-23-46(38,25-49)62-28(3)51)39(54)37(59-27(2)50)34(26)44(47,4)5/h7-21,32-33,35-38,40,49,52-53,58H,22-25H2,1-6H3,(H,48,55)/t32-,33-,35-,36+,37+,38-,40-,45+,46+,47+/m0/s1. The molecule has 3 aromatic carbocycles. The molecule has 330 valence electrons. The Kier molecular flexibility index (Phi) is 13.0. The highest BCUT2D eigenvalue weighted by molar-refractivity contribution is 5.96. The zero-order valence-electron chi connectivity index (χ0n) is 35.4. The van der Waals surface area contributed by atoms with Crippen molar-refractivity contribution in [3.63, 3.8) is 0 Å². The predicted octanol–water partition coefficient (Wildman–Crippen LogP) is 3.72. The van der Waals surface area contributed by atoms with Crippen molar-refractivity contribution in [2.45, 2.75) is 109 Å². The molecule has 0 aromatic heterocycles. The molecular formula is C47H53NO14. The van der Waals surface area contributed by atoms with E-state index in [2.05, 4.69) is 5.32 Å². The van der Waals surface area contributed by atoms with Gasteiger partial charge in [0.05, 0.1) is 35.6 Å². The number of rotatable bonds is 11. The van der Waals surface area contributed by atoms with Gasteiger partial charge in [0.15, 0.2) is 18.0 Å². The highest BCUT2D eigenvalue weighted by Gasteiger charge is 2.74. The molecule has 3 aliphatic rings. The van der Waals surface area contributed by atoms with E-state index in [0.29, 0.717) is 5.56 Å². The summed E-state index contributed by atoms with van der Waals surface area (Å²) in [6.45, 7) is 7.04. The number of benzene rings is 3. The Bertz CT molecular complexity index is 2230. The number of ether oxygens (including phenoxy) is 4. The predicted molar refractivity (Wildman–Crippen MR) is 220 cm³/mol. The molecule has 0 aliphatic heterocycles. The second-order valence-electron chi connectivity index (χ2n) is 17.1. The lowest BCUT2D eigenvalue weighted by Crippen LogP contribution is -2.76. The van der Waals surface area contributed by atoms with Gasteiger partial charge in [0.2, 0.25) is 0 Å². The van der Waals surface area contributed by atoms with Crippen molar-refractivity contribution in [1.82, 2.24) is 5.32 Å². The Morgan fingerprint density at radius 2 is 1.39 bits per heavy atom. The van der Waals surface area contributed by atoms with Crippen LogP contribution in [0.4, 0.5) is 0 Å². The van der Waals surface area contributed by atoms with Crippen molar-refractivity contribution in [1.29, 1.82) is 0 Å². The average molecular weight is 856 g/mol. The van der Waals surface area contributed by atoms with Crippen molar-refractivity contribution in [3.05, 3.63) is 119 Å². The van der Waals surface area contributed by atoms with E-state index in [1.807, 2.05) is 0 Å². The van der Waals surface area contributed by atoms with Crippen LogP contribution in [-0.4, -0.2) is 104 Å². The number of amides is 1. The molecule has 62 heavy (non-hydrogen) atoms. The molecule has 2 bridgehead atoms. The SMILES string of the molecule is CC(=O)O[C@H]1C(=O)[C@@]2(C)[C@H]([C@H](OC(=O)c3ccccc3)[C@]3(O)C[C@H](OC(=O)[C@H](O)[C@@H](NC(=O)c4ccccc4)c4ccccc4)C(C)=C1C3(C)C)[C@@](CO)(OC(C)=O)CC[C@@H]2O. The molecule has 0 radical (unpaired) electrons. The quantitative estimate of drug-likeness (QED) is 0.105. The van der Waals surface area contributed by atoms with Crippen molar-refractivity contribution in [2.75, 3.05) is 6.61 Å². The minimum atomic E-state index is -2.47. The highest BCUT2D eigenvalue weighted by Crippen LogP contribution is 2.62. The number of hydrogen-bond donors (Lipinski definition) is 5.